The van der Waals surface area contributed by atoms with E-state index in [0.29, 0.717) is 11.1 Å². The second-order valence-corrected chi connectivity index (χ2v) is 5.60. The first-order chi connectivity index (χ1) is 11.0. The molecule has 4 heteroatoms. The van der Waals surface area contributed by atoms with E-state index in [4.69, 9.17) is 9.47 Å². The lowest BCUT2D eigenvalue weighted by Crippen LogP contribution is -2.11. The summed E-state index contributed by atoms with van der Waals surface area (Å²) in [7, 11) is 0. The van der Waals surface area contributed by atoms with Crippen molar-refractivity contribution in [3.63, 3.8) is 0 Å². The van der Waals surface area contributed by atoms with E-state index in [1.54, 1.807) is 50.2 Å². The van der Waals surface area contributed by atoms with E-state index in [0.717, 1.165) is 11.1 Å². The van der Waals surface area contributed by atoms with Crippen molar-refractivity contribution in [2.24, 2.45) is 0 Å². The molecule has 0 aliphatic rings. The third kappa shape index (κ3) is 4.95. The lowest BCUT2D eigenvalue weighted by atomic mass is 10.1. The number of rotatable bonds is 5. The number of esters is 2. The first-order valence-electron chi connectivity index (χ1n) is 7.49. The fourth-order valence-corrected chi connectivity index (χ4v) is 2.02. The summed E-state index contributed by atoms with van der Waals surface area (Å²) in [5.41, 5.74) is 2.83. The van der Waals surface area contributed by atoms with Crippen LogP contribution in [0, 0.1) is 6.92 Å². The maximum atomic E-state index is 12.0. The number of aryl methyl sites for hydroxylation is 1. The minimum absolute atomic E-state index is 0.155. The van der Waals surface area contributed by atoms with Gasteiger partial charge in [0.05, 0.1) is 17.2 Å². The van der Waals surface area contributed by atoms with Crippen LogP contribution >= 0.6 is 0 Å². The third-order valence-corrected chi connectivity index (χ3v) is 3.16. The van der Waals surface area contributed by atoms with E-state index in [2.05, 4.69) is 0 Å². The molecule has 0 amide bonds. The van der Waals surface area contributed by atoms with E-state index < -0.39 is 0 Å². The van der Waals surface area contributed by atoms with Crippen LogP contribution in [0.3, 0.4) is 0 Å². The van der Waals surface area contributed by atoms with Gasteiger partial charge >= 0.3 is 11.9 Å². The van der Waals surface area contributed by atoms with Crippen molar-refractivity contribution in [2.45, 2.75) is 33.5 Å². The van der Waals surface area contributed by atoms with Crippen LogP contribution < -0.4 is 0 Å². The molecule has 0 heterocycles. The Morgan fingerprint density at radius 1 is 0.957 bits per heavy atom. The summed E-state index contributed by atoms with van der Waals surface area (Å²) in [5, 5.41) is 0. The number of benzene rings is 2. The van der Waals surface area contributed by atoms with Gasteiger partial charge in [0.1, 0.15) is 6.61 Å². The van der Waals surface area contributed by atoms with Crippen molar-refractivity contribution in [3.05, 3.63) is 70.8 Å². The average molecular weight is 312 g/mol. The summed E-state index contributed by atoms with van der Waals surface area (Å²) in [6, 6.07) is 14.1. The Morgan fingerprint density at radius 2 is 1.65 bits per heavy atom. The predicted molar refractivity (Wildman–Crippen MR) is 87.3 cm³/mol. The molecule has 0 N–H and O–H groups in total. The lowest BCUT2D eigenvalue weighted by Gasteiger charge is -2.09. The monoisotopic (exact) mass is 312 g/mol. The minimum atomic E-state index is -0.364. The summed E-state index contributed by atoms with van der Waals surface area (Å²) in [6.45, 7) is 5.69. The second-order valence-electron chi connectivity index (χ2n) is 5.60. The highest BCUT2D eigenvalue weighted by Crippen LogP contribution is 2.11. The van der Waals surface area contributed by atoms with Crippen LogP contribution in [0.5, 0.6) is 0 Å². The molecule has 0 fully saturated rings. The SMILES string of the molecule is Cc1cccc(C(=O)OCc2ccc(C(=O)OC(C)C)cc2)c1. The van der Waals surface area contributed by atoms with Gasteiger partial charge in [-0.1, -0.05) is 29.8 Å². The molecule has 0 spiro atoms. The summed E-state index contributed by atoms with van der Waals surface area (Å²) in [4.78, 5) is 23.7. The maximum absolute atomic E-state index is 12.0. The molecule has 0 atom stereocenters. The zero-order valence-corrected chi connectivity index (χ0v) is 13.5. The highest BCUT2D eigenvalue weighted by atomic mass is 16.5. The van der Waals surface area contributed by atoms with Crippen LogP contribution in [-0.2, 0) is 16.1 Å². The van der Waals surface area contributed by atoms with Gasteiger partial charge in [-0.15, -0.1) is 0 Å². The van der Waals surface area contributed by atoms with Crippen LogP contribution in [-0.4, -0.2) is 18.0 Å². The Kier molecular flexibility index (Phi) is 5.52. The number of ether oxygens (including phenoxy) is 2. The van der Waals surface area contributed by atoms with Crippen molar-refractivity contribution in [2.75, 3.05) is 0 Å². The van der Waals surface area contributed by atoms with E-state index in [1.165, 1.54) is 0 Å². The van der Waals surface area contributed by atoms with Gasteiger partial charge in [-0.05, 0) is 50.6 Å². The molecule has 23 heavy (non-hydrogen) atoms. The Morgan fingerprint density at radius 3 is 2.26 bits per heavy atom. The lowest BCUT2D eigenvalue weighted by molar-refractivity contribution is 0.0376. The highest BCUT2D eigenvalue weighted by molar-refractivity contribution is 5.90. The molecule has 0 aliphatic carbocycles. The molecule has 120 valence electrons. The van der Waals surface area contributed by atoms with Crippen LogP contribution in [0.4, 0.5) is 0 Å². The molecule has 0 aromatic heterocycles. The third-order valence-electron chi connectivity index (χ3n) is 3.16. The average Bonchev–Trinajstić information content (AvgIpc) is 2.52. The number of carbonyl (C=O) groups excluding carboxylic acids is 2. The first kappa shape index (κ1) is 16.7. The van der Waals surface area contributed by atoms with Gasteiger partial charge in [0.25, 0.3) is 0 Å². The van der Waals surface area contributed by atoms with E-state index >= 15 is 0 Å². The largest absolute Gasteiger partial charge is 0.459 e. The van der Waals surface area contributed by atoms with Gasteiger partial charge in [-0.3, -0.25) is 0 Å². The molecule has 0 saturated carbocycles. The summed E-state index contributed by atoms with van der Waals surface area (Å²) < 4.78 is 10.4. The molecule has 4 nitrogen and oxygen atoms in total. The maximum Gasteiger partial charge on any atom is 0.338 e. The molecular formula is C19H20O4. The van der Waals surface area contributed by atoms with Crippen molar-refractivity contribution in [1.82, 2.24) is 0 Å². The van der Waals surface area contributed by atoms with E-state index in [1.807, 2.05) is 19.1 Å². The molecule has 2 aromatic rings. The van der Waals surface area contributed by atoms with Crippen LogP contribution in [0.2, 0.25) is 0 Å². The van der Waals surface area contributed by atoms with E-state index in [-0.39, 0.29) is 24.6 Å². The Bertz CT molecular complexity index is 687. The Balaban J connectivity index is 1.94. The number of carbonyl (C=O) groups is 2. The van der Waals surface area contributed by atoms with Crippen LogP contribution in [0.1, 0.15) is 45.7 Å². The number of hydrogen-bond donors (Lipinski definition) is 0. The van der Waals surface area contributed by atoms with Gasteiger partial charge in [0, 0.05) is 0 Å². The van der Waals surface area contributed by atoms with Gasteiger partial charge in [0.15, 0.2) is 0 Å². The highest BCUT2D eigenvalue weighted by Gasteiger charge is 2.10. The first-order valence-corrected chi connectivity index (χ1v) is 7.49. The zero-order chi connectivity index (χ0) is 16.8. The van der Waals surface area contributed by atoms with Crippen molar-refractivity contribution >= 4 is 11.9 Å². The molecule has 0 saturated heterocycles. The molecule has 2 aromatic carbocycles. The van der Waals surface area contributed by atoms with Crippen molar-refractivity contribution < 1.29 is 19.1 Å². The quantitative estimate of drug-likeness (QED) is 0.785. The van der Waals surface area contributed by atoms with Gasteiger partial charge in [0.2, 0.25) is 0 Å². The number of hydrogen-bond acceptors (Lipinski definition) is 4. The summed E-state index contributed by atoms with van der Waals surface area (Å²) in [6.07, 6.45) is -0.155. The standard InChI is InChI=1S/C19H20O4/c1-13(2)23-19(21)16-9-7-15(8-10-16)12-22-18(20)17-6-4-5-14(3)11-17/h4-11,13H,12H2,1-3H3. The van der Waals surface area contributed by atoms with Crippen LogP contribution in [0.15, 0.2) is 48.5 Å². The fraction of sp³-hybridized carbons (Fsp3) is 0.263. The zero-order valence-electron chi connectivity index (χ0n) is 13.5. The molecule has 2 rings (SSSR count). The van der Waals surface area contributed by atoms with Gasteiger partial charge < -0.3 is 9.47 Å². The molecule has 0 radical (unpaired) electrons. The normalized spacial score (nSPS) is 10.4. The minimum Gasteiger partial charge on any atom is -0.459 e. The van der Waals surface area contributed by atoms with Crippen molar-refractivity contribution in [3.8, 4) is 0 Å². The van der Waals surface area contributed by atoms with E-state index in [9.17, 15) is 9.59 Å². The van der Waals surface area contributed by atoms with Crippen LogP contribution in [0.25, 0.3) is 0 Å². The predicted octanol–water partition coefficient (Wildman–Crippen LogP) is 3.92. The summed E-state index contributed by atoms with van der Waals surface area (Å²) >= 11 is 0. The Labute approximate surface area is 136 Å². The smallest absolute Gasteiger partial charge is 0.338 e. The molecule has 0 bridgehead atoms. The second kappa shape index (κ2) is 7.58. The van der Waals surface area contributed by atoms with Crippen molar-refractivity contribution in [1.29, 1.82) is 0 Å². The topological polar surface area (TPSA) is 52.6 Å². The molecule has 0 aliphatic heterocycles. The molecular weight excluding hydrogens is 292 g/mol. The fourth-order valence-electron chi connectivity index (χ4n) is 2.02. The molecule has 0 unspecified atom stereocenters. The van der Waals surface area contributed by atoms with Gasteiger partial charge in [-0.25, -0.2) is 9.59 Å². The Hall–Kier alpha value is -2.62. The summed E-state index contributed by atoms with van der Waals surface area (Å²) in [5.74, 6) is -0.722. The van der Waals surface area contributed by atoms with Gasteiger partial charge in [-0.2, -0.15) is 0 Å².